The van der Waals surface area contributed by atoms with E-state index in [0.29, 0.717) is 11.5 Å². The number of hydrogen-bond acceptors (Lipinski definition) is 6. The van der Waals surface area contributed by atoms with Crippen molar-refractivity contribution in [3.63, 3.8) is 0 Å². The zero-order chi connectivity index (χ0) is 21.5. The molecule has 0 radical (unpaired) electrons. The van der Waals surface area contributed by atoms with Gasteiger partial charge in [-0.15, -0.1) is 0 Å². The fourth-order valence-electron chi connectivity index (χ4n) is 3.03. The Labute approximate surface area is 161 Å². The van der Waals surface area contributed by atoms with E-state index in [-0.39, 0.29) is 10.9 Å². The van der Waals surface area contributed by atoms with Crippen LogP contribution in [-0.2, 0) is 0 Å². The number of carboxylic acids is 3. The Balaban J connectivity index is 2.37. The first-order valence-electron chi connectivity index (χ1n) is 8.00. The van der Waals surface area contributed by atoms with E-state index < -0.39 is 57.4 Å². The molecule has 0 aliphatic heterocycles. The maximum atomic E-state index is 13.0. The van der Waals surface area contributed by atoms with Crippen LogP contribution in [0.1, 0.15) is 47.0 Å². The molecule has 0 atom stereocenters. The van der Waals surface area contributed by atoms with Gasteiger partial charge in [-0.3, -0.25) is 4.79 Å². The normalized spacial score (nSPS) is 10.6. The van der Waals surface area contributed by atoms with Crippen LogP contribution in [-0.4, -0.2) is 49.2 Å². The minimum absolute atomic E-state index is 0.283. The number of phenolic OH excluding ortho intramolecular Hbond substituents is 1. The molecule has 5 N–H and O–H groups in total. The van der Waals surface area contributed by atoms with E-state index >= 15 is 0 Å². The van der Waals surface area contributed by atoms with Gasteiger partial charge in [0.2, 0.25) is 0 Å². The second-order valence-corrected chi connectivity index (χ2v) is 6.00. The highest BCUT2D eigenvalue weighted by molar-refractivity contribution is 6.21. The molecule has 3 aromatic rings. The molecule has 0 spiro atoms. The van der Waals surface area contributed by atoms with Crippen molar-refractivity contribution in [2.24, 2.45) is 0 Å². The van der Waals surface area contributed by atoms with Crippen LogP contribution >= 0.6 is 0 Å². The van der Waals surface area contributed by atoms with Gasteiger partial charge in [0.15, 0.2) is 5.78 Å². The summed E-state index contributed by atoms with van der Waals surface area (Å²) in [4.78, 5) is 47.6. The van der Waals surface area contributed by atoms with E-state index in [1.54, 1.807) is 18.2 Å². The molecule has 29 heavy (non-hydrogen) atoms. The van der Waals surface area contributed by atoms with Crippen molar-refractivity contribution in [1.82, 2.24) is 0 Å². The van der Waals surface area contributed by atoms with Gasteiger partial charge in [-0.05, 0) is 17.5 Å². The van der Waals surface area contributed by atoms with Gasteiger partial charge in [-0.25, -0.2) is 14.4 Å². The van der Waals surface area contributed by atoms with Crippen LogP contribution in [0, 0.1) is 0 Å². The highest BCUT2D eigenvalue weighted by Gasteiger charge is 2.32. The third-order valence-electron chi connectivity index (χ3n) is 4.35. The maximum Gasteiger partial charge on any atom is 0.340 e. The van der Waals surface area contributed by atoms with Gasteiger partial charge >= 0.3 is 17.9 Å². The number of hydrogen-bond donors (Lipinski definition) is 5. The lowest BCUT2D eigenvalue weighted by Crippen LogP contribution is -2.18. The molecule has 0 aliphatic rings. The van der Waals surface area contributed by atoms with Crippen molar-refractivity contribution in [1.29, 1.82) is 0 Å². The summed E-state index contributed by atoms with van der Waals surface area (Å²) in [5, 5.41) is 49.2. The summed E-state index contributed by atoms with van der Waals surface area (Å²) >= 11 is 0. The van der Waals surface area contributed by atoms with Crippen LogP contribution in [0.2, 0.25) is 0 Å². The first-order chi connectivity index (χ1) is 13.6. The van der Waals surface area contributed by atoms with Crippen molar-refractivity contribution >= 4 is 34.5 Å². The average Bonchev–Trinajstić information content (AvgIpc) is 2.66. The third kappa shape index (κ3) is 3.10. The van der Waals surface area contributed by atoms with Gasteiger partial charge in [0.05, 0.1) is 11.1 Å². The summed E-state index contributed by atoms with van der Waals surface area (Å²) in [7, 11) is 0. The molecule has 0 saturated heterocycles. The first-order valence-corrected chi connectivity index (χ1v) is 8.00. The van der Waals surface area contributed by atoms with Crippen LogP contribution in [0.5, 0.6) is 11.5 Å². The Kier molecular flexibility index (Phi) is 4.65. The standard InChI is InChI=1S/C20H12O9/c21-15-9-4-2-1-3-8(9)5-6-10(15)16(22)11-7-12(18(24)25)17(23)14(20(28)29)13(11)19(26)27/h1-7,21,23H,(H,24,25)(H,26,27)(H,28,29). The van der Waals surface area contributed by atoms with Gasteiger partial charge in [0.25, 0.3) is 0 Å². The zero-order valence-electron chi connectivity index (χ0n) is 14.4. The monoisotopic (exact) mass is 396 g/mol. The first kappa shape index (κ1) is 19.4. The highest BCUT2D eigenvalue weighted by Crippen LogP contribution is 2.34. The lowest BCUT2D eigenvalue weighted by Gasteiger charge is -2.14. The molecule has 0 aliphatic carbocycles. The summed E-state index contributed by atoms with van der Waals surface area (Å²) in [6.07, 6.45) is 0. The molecule has 3 aromatic carbocycles. The predicted octanol–water partition coefficient (Wildman–Crippen LogP) is 2.58. The molecule has 9 heteroatoms. The fourth-order valence-corrected chi connectivity index (χ4v) is 3.03. The zero-order valence-corrected chi connectivity index (χ0v) is 14.4. The second-order valence-electron chi connectivity index (χ2n) is 6.00. The Morgan fingerprint density at radius 2 is 1.24 bits per heavy atom. The Bertz CT molecular complexity index is 1220. The Morgan fingerprint density at radius 3 is 1.83 bits per heavy atom. The molecule has 0 bridgehead atoms. The van der Waals surface area contributed by atoms with Gasteiger partial charge in [-0.2, -0.15) is 0 Å². The number of aromatic hydroxyl groups is 2. The molecular formula is C20H12O9. The fraction of sp³-hybridized carbons (Fsp3) is 0. The summed E-state index contributed by atoms with van der Waals surface area (Å²) < 4.78 is 0. The minimum atomic E-state index is -1.93. The number of rotatable bonds is 5. The molecule has 9 nitrogen and oxygen atoms in total. The van der Waals surface area contributed by atoms with Crippen molar-refractivity contribution in [2.45, 2.75) is 0 Å². The van der Waals surface area contributed by atoms with Gasteiger partial charge in [-0.1, -0.05) is 30.3 Å². The number of phenols is 2. The summed E-state index contributed by atoms with van der Waals surface area (Å²) in [6, 6.07) is 9.75. The molecule has 0 fully saturated rings. The van der Waals surface area contributed by atoms with Crippen molar-refractivity contribution < 1.29 is 44.7 Å². The highest BCUT2D eigenvalue weighted by atomic mass is 16.4. The van der Waals surface area contributed by atoms with Crippen LogP contribution in [0.25, 0.3) is 10.8 Å². The van der Waals surface area contributed by atoms with Gasteiger partial charge < -0.3 is 25.5 Å². The average molecular weight is 396 g/mol. The van der Waals surface area contributed by atoms with E-state index in [2.05, 4.69) is 0 Å². The lowest BCUT2D eigenvalue weighted by atomic mass is 9.90. The number of aromatic carboxylic acids is 3. The van der Waals surface area contributed by atoms with Gasteiger partial charge in [0.1, 0.15) is 22.6 Å². The van der Waals surface area contributed by atoms with Crippen LogP contribution < -0.4 is 0 Å². The van der Waals surface area contributed by atoms with Crippen LogP contribution in [0.15, 0.2) is 42.5 Å². The van der Waals surface area contributed by atoms with Crippen LogP contribution in [0.3, 0.4) is 0 Å². The minimum Gasteiger partial charge on any atom is -0.507 e. The molecule has 3 rings (SSSR count). The van der Waals surface area contributed by atoms with Gasteiger partial charge in [0, 0.05) is 10.9 Å². The molecule has 0 heterocycles. The van der Waals surface area contributed by atoms with Crippen molar-refractivity contribution in [3.8, 4) is 11.5 Å². The van der Waals surface area contributed by atoms with E-state index in [4.69, 9.17) is 0 Å². The smallest absolute Gasteiger partial charge is 0.340 e. The molecule has 0 amide bonds. The molecule has 0 aromatic heterocycles. The largest absolute Gasteiger partial charge is 0.507 e. The van der Waals surface area contributed by atoms with E-state index in [9.17, 15) is 44.7 Å². The lowest BCUT2D eigenvalue weighted by molar-refractivity contribution is 0.0643. The number of carbonyl (C=O) groups is 4. The maximum absolute atomic E-state index is 13.0. The second kappa shape index (κ2) is 6.97. The topological polar surface area (TPSA) is 169 Å². The summed E-state index contributed by atoms with van der Waals surface area (Å²) in [5.41, 5.74) is -4.44. The quantitative estimate of drug-likeness (QED) is 0.407. The van der Waals surface area contributed by atoms with Crippen LogP contribution in [0.4, 0.5) is 0 Å². The SMILES string of the molecule is O=C(O)c1cc(C(=O)c2ccc3ccccc3c2O)c(C(=O)O)c(C(=O)O)c1O. The predicted molar refractivity (Wildman–Crippen MR) is 98.0 cm³/mol. The van der Waals surface area contributed by atoms with Crippen molar-refractivity contribution in [3.05, 3.63) is 70.3 Å². The van der Waals surface area contributed by atoms with E-state index in [0.717, 1.165) is 0 Å². The van der Waals surface area contributed by atoms with Crippen molar-refractivity contribution in [2.75, 3.05) is 0 Å². The van der Waals surface area contributed by atoms with E-state index in [1.165, 1.54) is 18.2 Å². The third-order valence-corrected chi connectivity index (χ3v) is 4.35. The Hall–Kier alpha value is -4.40. The number of fused-ring (bicyclic) bond motifs is 1. The number of carbonyl (C=O) groups excluding carboxylic acids is 1. The molecule has 0 unspecified atom stereocenters. The molecule has 146 valence electrons. The summed E-state index contributed by atoms with van der Waals surface area (Å²) in [5.74, 6) is -8.44. The number of ketones is 1. The van der Waals surface area contributed by atoms with E-state index in [1.807, 2.05) is 0 Å². The summed E-state index contributed by atoms with van der Waals surface area (Å²) in [6.45, 7) is 0. The number of carboxylic acid groups (broad SMARTS) is 3. The molecular weight excluding hydrogens is 384 g/mol. The number of benzene rings is 3. The molecule has 0 saturated carbocycles. The Morgan fingerprint density at radius 1 is 0.621 bits per heavy atom.